The van der Waals surface area contributed by atoms with E-state index in [0.29, 0.717) is 18.6 Å². The summed E-state index contributed by atoms with van der Waals surface area (Å²) in [6, 6.07) is 2.69. The van der Waals surface area contributed by atoms with Crippen LogP contribution in [0.4, 0.5) is 0 Å². The fraction of sp³-hybridized carbons (Fsp3) is 0.562. The second kappa shape index (κ2) is 6.43. The summed E-state index contributed by atoms with van der Waals surface area (Å²) in [5.41, 5.74) is 6.47. The topological polar surface area (TPSA) is 46.3 Å². The Morgan fingerprint density at radius 1 is 1.55 bits per heavy atom. The van der Waals surface area contributed by atoms with Crippen molar-refractivity contribution in [3.63, 3.8) is 0 Å². The van der Waals surface area contributed by atoms with Crippen molar-refractivity contribution in [1.82, 2.24) is 4.90 Å². The minimum Gasteiger partial charge on any atom is -0.332 e. The van der Waals surface area contributed by atoms with E-state index in [2.05, 4.69) is 30.6 Å². The number of likely N-dealkylation sites (tertiary alicyclic amines) is 1. The van der Waals surface area contributed by atoms with Crippen LogP contribution in [0.2, 0.25) is 0 Å². The molecule has 1 aromatic heterocycles. The molecule has 0 saturated carbocycles. The fourth-order valence-electron chi connectivity index (χ4n) is 2.81. The Morgan fingerprint density at radius 2 is 2.30 bits per heavy atom. The van der Waals surface area contributed by atoms with Crippen LogP contribution in [-0.2, 0) is 0 Å². The molecule has 0 spiro atoms. The predicted molar refractivity (Wildman–Crippen MR) is 83.9 cm³/mol. The van der Waals surface area contributed by atoms with Crippen molar-refractivity contribution < 1.29 is 4.79 Å². The highest BCUT2D eigenvalue weighted by Crippen LogP contribution is 2.30. The molecule has 0 bridgehead atoms. The summed E-state index contributed by atoms with van der Waals surface area (Å²) in [5, 5.41) is 0. The van der Waals surface area contributed by atoms with Gasteiger partial charge in [0.15, 0.2) is 0 Å². The molecule has 1 fully saturated rings. The highest BCUT2D eigenvalue weighted by atomic mass is 32.1. The van der Waals surface area contributed by atoms with Gasteiger partial charge in [-0.25, -0.2) is 0 Å². The average molecular weight is 290 g/mol. The van der Waals surface area contributed by atoms with Gasteiger partial charge in [0.05, 0.1) is 16.3 Å². The number of carbonyl (C=O) groups is 1. The van der Waals surface area contributed by atoms with Crippen LogP contribution >= 0.6 is 11.3 Å². The van der Waals surface area contributed by atoms with Crippen molar-refractivity contribution in [2.75, 3.05) is 6.54 Å². The number of carbonyl (C=O) groups excluding carboxylic acids is 1. The highest BCUT2D eigenvalue weighted by Gasteiger charge is 2.34. The first kappa shape index (κ1) is 15.1. The van der Waals surface area contributed by atoms with Gasteiger partial charge in [0.25, 0.3) is 5.91 Å². The van der Waals surface area contributed by atoms with Crippen molar-refractivity contribution >= 4 is 17.2 Å². The molecule has 108 valence electrons. The molecule has 2 heterocycles. The average Bonchev–Trinajstić information content (AvgIpc) is 2.99. The Kier molecular flexibility index (Phi) is 4.85. The Bertz CT molecular complexity index is 553. The van der Waals surface area contributed by atoms with Gasteiger partial charge in [0.2, 0.25) is 0 Å². The second-order valence-electron chi connectivity index (χ2n) is 5.33. The normalized spacial score (nSPS) is 21.7. The molecule has 20 heavy (non-hydrogen) atoms. The zero-order valence-electron chi connectivity index (χ0n) is 12.4. The summed E-state index contributed by atoms with van der Waals surface area (Å²) in [5.74, 6) is 6.07. The third-order valence-corrected chi connectivity index (χ3v) is 5.06. The lowest BCUT2D eigenvalue weighted by Crippen LogP contribution is -2.39. The lowest BCUT2D eigenvalue weighted by Gasteiger charge is -2.27. The third-order valence-electron chi connectivity index (χ3n) is 3.92. The molecule has 1 aromatic rings. The van der Waals surface area contributed by atoms with E-state index in [0.717, 1.165) is 34.6 Å². The minimum absolute atomic E-state index is 0.163. The van der Waals surface area contributed by atoms with Gasteiger partial charge >= 0.3 is 0 Å². The number of thiophene rings is 1. The van der Waals surface area contributed by atoms with Crippen LogP contribution in [0.1, 0.15) is 53.2 Å². The molecule has 2 atom stereocenters. The van der Waals surface area contributed by atoms with Crippen molar-refractivity contribution in [2.24, 2.45) is 5.73 Å². The van der Waals surface area contributed by atoms with E-state index in [1.54, 1.807) is 0 Å². The lowest BCUT2D eigenvalue weighted by molar-refractivity contribution is 0.0681. The first-order valence-corrected chi connectivity index (χ1v) is 8.02. The Balaban J connectivity index is 2.25. The molecule has 3 nitrogen and oxygen atoms in total. The highest BCUT2D eigenvalue weighted by molar-refractivity contribution is 7.14. The van der Waals surface area contributed by atoms with Gasteiger partial charge in [0.1, 0.15) is 0 Å². The minimum atomic E-state index is 0.163. The fourth-order valence-corrected chi connectivity index (χ4v) is 3.80. The van der Waals surface area contributed by atoms with Crippen molar-refractivity contribution in [3.8, 4) is 11.8 Å². The lowest BCUT2D eigenvalue weighted by atomic mass is 10.1. The largest absolute Gasteiger partial charge is 0.332 e. The number of aryl methyl sites for hydroxylation is 1. The molecule has 1 amide bonds. The molecular formula is C16H22N2OS. The number of hydrogen-bond acceptors (Lipinski definition) is 3. The van der Waals surface area contributed by atoms with Gasteiger partial charge < -0.3 is 10.6 Å². The number of rotatable bonds is 2. The van der Waals surface area contributed by atoms with Crippen LogP contribution in [0.15, 0.2) is 6.07 Å². The van der Waals surface area contributed by atoms with Gasteiger partial charge in [-0.15, -0.1) is 11.3 Å². The van der Waals surface area contributed by atoms with Crippen LogP contribution in [0, 0.1) is 18.8 Å². The van der Waals surface area contributed by atoms with Crippen molar-refractivity contribution in [2.45, 2.75) is 52.1 Å². The molecule has 0 radical (unpaired) electrons. The summed E-state index contributed by atoms with van der Waals surface area (Å²) in [4.78, 5) is 16.5. The Morgan fingerprint density at radius 3 is 2.95 bits per heavy atom. The van der Waals surface area contributed by atoms with Gasteiger partial charge in [-0.3, -0.25) is 4.79 Å². The molecule has 4 heteroatoms. The number of hydrogen-bond donors (Lipinski definition) is 1. The van der Waals surface area contributed by atoms with E-state index in [4.69, 9.17) is 5.73 Å². The summed E-state index contributed by atoms with van der Waals surface area (Å²) >= 11 is 1.49. The van der Waals surface area contributed by atoms with Crippen molar-refractivity contribution in [1.29, 1.82) is 0 Å². The monoisotopic (exact) mass is 290 g/mol. The maximum Gasteiger partial charge on any atom is 0.264 e. The van der Waals surface area contributed by atoms with E-state index in [1.807, 2.05) is 13.0 Å². The molecule has 2 rings (SSSR count). The molecule has 0 aliphatic carbocycles. The smallest absolute Gasteiger partial charge is 0.264 e. The van der Waals surface area contributed by atoms with E-state index >= 15 is 0 Å². The van der Waals surface area contributed by atoms with Crippen LogP contribution < -0.4 is 5.73 Å². The zero-order valence-corrected chi connectivity index (χ0v) is 13.2. The molecule has 2 N–H and O–H groups in total. The Labute approximate surface area is 125 Å². The standard InChI is InChI=1S/C16H22N2OS/c1-4-13-8-7-12(3)18(13)16(19)15-10-11(2)14(20-15)6-5-9-17/h10,12-13H,4,7-9,17H2,1-3H3. The number of nitrogens with two attached hydrogens (primary N) is 1. The van der Waals surface area contributed by atoms with Gasteiger partial charge in [-0.2, -0.15) is 0 Å². The molecule has 2 unspecified atom stereocenters. The molecular weight excluding hydrogens is 268 g/mol. The Hall–Kier alpha value is -1.31. The van der Waals surface area contributed by atoms with E-state index in [-0.39, 0.29) is 5.91 Å². The maximum absolute atomic E-state index is 12.7. The van der Waals surface area contributed by atoms with Crippen LogP contribution in [0.3, 0.4) is 0 Å². The van der Waals surface area contributed by atoms with E-state index < -0.39 is 0 Å². The summed E-state index contributed by atoms with van der Waals surface area (Å²) in [6.45, 7) is 6.64. The third kappa shape index (κ3) is 2.89. The maximum atomic E-state index is 12.7. The van der Waals surface area contributed by atoms with Crippen LogP contribution in [0.25, 0.3) is 0 Å². The van der Waals surface area contributed by atoms with Crippen LogP contribution in [-0.4, -0.2) is 29.4 Å². The molecule has 1 saturated heterocycles. The summed E-state index contributed by atoms with van der Waals surface area (Å²) < 4.78 is 0. The first-order valence-electron chi connectivity index (χ1n) is 7.20. The summed E-state index contributed by atoms with van der Waals surface area (Å²) in [6.07, 6.45) is 3.25. The zero-order chi connectivity index (χ0) is 14.7. The molecule has 1 aliphatic rings. The molecule has 0 aromatic carbocycles. The quantitative estimate of drug-likeness (QED) is 0.851. The van der Waals surface area contributed by atoms with E-state index in [9.17, 15) is 4.79 Å². The number of nitrogens with zero attached hydrogens (tertiary/aromatic N) is 1. The number of amides is 1. The summed E-state index contributed by atoms with van der Waals surface area (Å²) in [7, 11) is 0. The van der Waals surface area contributed by atoms with E-state index in [1.165, 1.54) is 11.3 Å². The first-order chi connectivity index (χ1) is 9.58. The van der Waals surface area contributed by atoms with Crippen molar-refractivity contribution in [3.05, 3.63) is 21.4 Å². The van der Waals surface area contributed by atoms with Gasteiger partial charge in [-0.1, -0.05) is 18.8 Å². The van der Waals surface area contributed by atoms with Gasteiger partial charge in [-0.05, 0) is 44.7 Å². The second-order valence-corrected chi connectivity index (χ2v) is 6.38. The van der Waals surface area contributed by atoms with Gasteiger partial charge in [0, 0.05) is 12.1 Å². The predicted octanol–water partition coefficient (Wildman–Crippen LogP) is 2.77. The van der Waals surface area contributed by atoms with Crippen LogP contribution in [0.5, 0.6) is 0 Å². The molecule has 1 aliphatic heterocycles. The SMILES string of the molecule is CCC1CCC(C)N1C(=O)c1cc(C)c(C#CCN)s1.